The fourth-order valence-corrected chi connectivity index (χ4v) is 4.15. The zero-order valence-corrected chi connectivity index (χ0v) is 16.5. The average Bonchev–Trinajstić information content (AvgIpc) is 2.74. The van der Waals surface area contributed by atoms with Crippen LogP contribution >= 0.6 is 0 Å². The highest BCUT2D eigenvalue weighted by atomic mass is 32.2. The Bertz CT molecular complexity index is 1030. The fraction of sp³-hybridized carbons (Fsp3) is 0.300. The summed E-state index contributed by atoms with van der Waals surface area (Å²) < 4.78 is 62.4. The first-order valence-corrected chi connectivity index (χ1v) is 10.7. The van der Waals surface area contributed by atoms with E-state index in [0.717, 1.165) is 6.07 Å². The molecule has 6 nitrogen and oxygen atoms in total. The number of halogens is 3. The molecular formula is C20H19F3N2O4S. The second kappa shape index (κ2) is 8.86. The Hall–Kier alpha value is -2.88. The number of benzene rings is 2. The van der Waals surface area contributed by atoms with Gasteiger partial charge in [0.25, 0.3) is 5.91 Å². The summed E-state index contributed by atoms with van der Waals surface area (Å²) in [6.45, 7) is 0.566. The third kappa shape index (κ3) is 4.64. The van der Waals surface area contributed by atoms with Crippen molar-refractivity contribution in [1.82, 2.24) is 4.90 Å². The molecule has 2 aromatic rings. The maximum absolute atomic E-state index is 13.0. The van der Waals surface area contributed by atoms with Crippen LogP contribution < -0.4 is 5.32 Å². The number of carbonyl (C=O) groups excluding carboxylic acids is 2. The second-order valence-corrected chi connectivity index (χ2v) is 8.75. The highest BCUT2D eigenvalue weighted by Crippen LogP contribution is 2.28. The standard InChI is InChI=1S/C20H19F3N2O4S/c21-15-7-5-14(6-8-15)19(27)25-11-9-13(10-12-25)18(26)24-16-3-1-2-4-17(16)30(28,29)20(22)23/h1-8,13,20H,9-12H2,(H,24,26). The van der Waals surface area contributed by atoms with E-state index in [1.807, 2.05) is 0 Å². The minimum atomic E-state index is -4.87. The maximum atomic E-state index is 13.0. The molecule has 1 aliphatic heterocycles. The second-order valence-electron chi connectivity index (χ2n) is 6.86. The number of carbonyl (C=O) groups is 2. The smallest absolute Gasteiger partial charge is 0.339 e. The van der Waals surface area contributed by atoms with Crippen molar-refractivity contribution >= 4 is 27.3 Å². The third-order valence-electron chi connectivity index (χ3n) is 4.93. The lowest BCUT2D eigenvalue weighted by atomic mass is 9.95. The number of piperidine rings is 1. The van der Waals surface area contributed by atoms with E-state index in [4.69, 9.17) is 0 Å². The van der Waals surface area contributed by atoms with Crippen molar-refractivity contribution in [1.29, 1.82) is 0 Å². The fourth-order valence-electron chi connectivity index (χ4n) is 3.27. The first kappa shape index (κ1) is 21.8. The molecule has 0 aliphatic carbocycles. The van der Waals surface area contributed by atoms with Crippen molar-refractivity contribution in [2.24, 2.45) is 5.92 Å². The molecule has 1 N–H and O–H groups in total. The topological polar surface area (TPSA) is 83.6 Å². The lowest BCUT2D eigenvalue weighted by molar-refractivity contribution is -0.121. The molecule has 0 atom stereocenters. The van der Waals surface area contributed by atoms with Crippen LogP contribution in [0.25, 0.3) is 0 Å². The summed E-state index contributed by atoms with van der Waals surface area (Å²) in [4.78, 5) is 25.9. The average molecular weight is 440 g/mol. The van der Waals surface area contributed by atoms with E-state index in [-0.39, 0.29) is 24.7 Å². The Morgan fingerprint density at radius 2 is 1.60 bits per heavy atom. The minimum Gasteiger partial charge on any atom is -0.339 e. The van der Waals surface area contributed by atoms with Crippen molar-refractivity contribution < 1.29 is 31.2 Å². The van der Waals surface area contributed by atoms with Gasteiger partial charge in [-0.3, -0.25) is 9.59 Å². The molecule has 0 aromatic heterocycles. The van der Waals surface area contributed by atoms with Gasteiger partial charge in [-0.25, -0.2) is 12.8 Å². The van der Waals surface area contributed by atoms with Gasteiger partial charge >= 0.3 is 5.76 Å². The number of nitrogens with zero attached hydrogens (tertiary/aromatic N) is 1. The summed E-state index contributed by atoms with van der Waals surface area (Å²) in [5.74, 6) is -5.33. The van der Waals surface area contributed by atoms with E-state index in [1.165, 1.54) is 42.5 Å². The molecule has 160 valence electrons. The van der Waals surface area contributed by atoms with E-state index in [2.05, 4.69) is 5.32 Å². The van der Waals surface area contributed by atoms with Crippen LogP contribution in [-0.2, 0) is 14.6 Å². The van der Waals surface area contributed by atoms with E-state index in [1.54, 1.807) is 4.90 Å². The van der Waals surface area contributed by atoms with Crippen LogP contribution in [0.2, 0.25) is 0 Å². The monoisotopic (exact) mass is 440 g/mol. The van der Waals surface area contributed by atoms with Crippen molar-refractivity contribution in [3.63, 3.8) is 0 Å². The Labute approximate surface area is 171 Å². The SMILES string of the molecule is O=C(Nc1ccccc1S(=O)(=O)C(F)F)C1CCN(C(=O)c2ccc(F)cc2)CC1. The Morgan fingerprint density at radius 1 is 1.00 bits per heavy atom. The Kier molecular flexibility index (Phi) is 6.45. The van der Waals surface area contributed by atoms with Crippen LogP contribution in [0, 0.1) is 11.7 Å². The zero-order chi connectivity index (χ0) is 21.9. The Morgan fingerprint density at radius 3 is 2.20 bits per heavy atom. The number of hydrogen-bond acceptors (Lipinski definition) is 4. The van der Waals surface area contributed by atoms with Gasteiger partial charge in [-0.2, -0.15) is 8.78 Å². The lowest BCUT2D eigenvalue weighted by Gasteiger charge is -2.31. The molecule has 2 aromatic carbocycles. The number of anilines is 1. The van der Waals surface area contributed by atoms with E-state index in [9.17, 15) is 31.2 Å². The molecule has 0 radical (unpaired) electrons. The summed E-state index contributed by atoms with van der Waals surface area (Å²) in [7, 11) is -4.87. The first-order valence-electron chi connectivity index (χ1n) is 9.17. The van der Waals surface area contributed by atoms with Crippen LogP contribution in [0.3, 0.4) is 0 Å². The maximum Gasteiger partial charge on any atom is 0.341 e. The molecule has 2 amide bonds. The van der Waals surface area contributed by atoms with Gasteiger partial charge in [0.2, 0.25) is 15.7 Å². The van der Waals surface area contributed by atoms with Crippen molar-refractivity contribution in [3.8, 4) is 0 Å². The van der Waals surface area contributed by atoms with Crippen molar-refractivity contribution in [3.05, 3.63) is 59.9 Å². The molecule has 1 aliphatic rings. The molecule has 3 rings (SSSR count). The molecule has 0 unspecified atom stereocenters. The van der Waals surface area contributed by atoms with Gasteiger partial charge in [0.15, 0.2) is 0 Å². The number of para-hydroxylation sites is 1. The quantitative estimate of drug-likeness (QED) is 0.773. The Balaban J connectivity index is 1.64. The van der Waals surface area contributed by atoms with E-state index in [0.29, 0.717) is 18.4 Å². The number of nitrogens with one attached hydrogen (secondary N) is 1. The van der Waals surface area contributed by atoms with Crippen LogP contribution in [-0.4, -0.2) is 44.0 Å². The summed E-state index contributed by atoms with van der Waals surface area (Å²) >= 11 is 0. The van der Waals surface area contributed by atoms with Gasteiger partial charge in [-0.15, -0.1) is 0 Å². The zero-order valence-electron chi connectivity index (χ0n) is 15.7. The highest BCUT2D eigenvalue weighted by Gasteiger charge is 2.32. The van der Waals surface area contributed by atoms with Gasteiger partial charge in [-0.1, -0.05) is 12.1 Å². The predicted octanol–water partition coefficient (Wildman–Crippen LogP) is 3.31. The highest BCUT2D eigenvalue weighted by molar-refractivity contribution is 7.91. The van der Waals surface area contributed by atoms with Gasteiger partial charge in [0, 0.05) is 24.6 Å². The normalized spacial score (nSPS) is 15.3. The molecule has 0 bridgehead atoms. The van der Waals surface area contributed by atoms with Crippen LogP contribution in [0.1, 0.15) is 23.2 Å². The van der Waals surface area contributed by atoms with Crippen LogP contribution in [0.15, 0.2) is 53.4 Å². The van der Waals surface area contributed by atoms with E-state index >= 15 is 0 Å². The largest absolute Gasteiger partial charge is 0.341 e. The van der Waals surface area contributed by atoms with Crippen molar-refractivity contribution in [2.45, 2.75) is 23.5 Å². The van der Waals surface area contributed by atoms with Gasteiger partial charge in [0.1, 0.15) is 5.82 Å². The molecular weight excluding hydrogens is 421 g/mol. The number of sulfone groups is 1. The number of hydrogen-bond donors (Lipinski definition) is 1. The van der Waals surface area contributed by atoms with Crippen LogP contribution in [0.4, 0.5) is 18.9 Å². The molecule has 1 heterocycles. The van der Waals surface area contributed by atoms with Gasteiger partial charge < -0.3 is 10.2 Å². The van der Waals surface area contributed by atoms with Crippen molar-refractivity contribution in [2.75, 3.05) is 18.4 Å². The summed E-state index contributed by atoms with van der Waals surface area (Å²) in [6, 6.07) is 10.2. The predicted molar refractivity (Wildman–Crippen MR) is 103 cm³/mol. The first-order chi connectivity index (χ1) is 14.2. The van der Waals surface area contributed by atoms with Gasteiger partial charge in [-0.05, 0) is 49.2 Å². The molecule has 0 saturated carbocycles. The number of rotatable bonds is 5. The molecule has 0 spiro atoms. The molecule has 10 heteroatoms. The third-order valence-corrected chi connectivity index (χ3v) is 6.37. The summed E-state index contributed by atoms with van der Waals surface area (Å²) in [5, 5.41) is 2.43. The number of likely N-dealkylation sites (tertiary alicyclic amines) is 1. The molecule has 30 heavy (non-hydrogen) atoms. The van der Waals surface area contributed by atoms with E-state index < -0.39 is 38.1 Å². The molecule has 1 fully saturated rings. The molecule has 1 saturated heterocycles. The number of alkyl halides is 2. The van der Waals surface area contributed by atoms with Crippen LogP contribution in [0.5, 0.6) is 0 Å². The summed E-state index contributed by atoms with van der Waals surface area (Å²) in [6.07, 6.45) is 0.644. The lowest BCUT2D eigenvalue weighted by Crippen LogP contribution is -2.41. The summed E-state index contributed by atoms with van der Waals surface area (Å²) in [5.41, 5.74) is 0.137. The van der Waals surface area contributed by atoms with Gasteiger partial charge in [0.05, 0.1) is 10.6 Å². The minimum absolute atomic E-state index is 0.201. The number of amides is 2.